The molecule has 0 aliphatic rings. The van der Waals surface area contributed by atoms with E-state index in [1.165, 1.54) is 24.5 Å². The second-order valence-corrected chi connectivity index (χ2v) is 7.54. The average Bonchev–Trinajstić information content (AvgIpc) is 3.24. The highest BCUT2D eigenvalue weighted by Gasteiger charge is 2.18. The third-order valence-corrected chi connectivity index (χ3v) is 5.26. The number of hydrogen-bond donors (Lipinski definition) is 1. The number of nitrogens with one attached hydrogen (secondary N) is 1. The largest absolute Gasteiger partial charge is 0.466 e. The van der Waals surface area contributed by atoms with E-state index in [9.17, 15) is 9.59 Å². The van der Waals surface area contributed by atoms with Crippen LogP contribution in [0.5, 0.6) is 0 Å². The number of hydrogen-bond acceptors (Lipinski definition) is 6. The van der Waals surface area contributed by atoms with Crippen molar-refractivity contribution in [1.29, 1.82) is 0 Å². The number of aromatic nitrogens is 1. The number of aryl methyl sites for hydroxylation is 4. The molecule has 0 bridgehead atoms. The summed E-state index contributed by atoms with van der Waals surface area (Å²) in [5.41, 5.74) is 6.46. The van der Waals surface area contributed by atoms with Crippen LogP contribution in [0, 0.1) is 27.7 Å². The third kappa shape index (κ3) is 4.60. The van der Waals surface area contributed by atoms with Gasteiger partial charge in [0.15, 0.2) is 5.13 Å². The minimum Gasteiger partial charge on any atom is -0.466 e. The molecule has 29 heavy (non-hydrogen) atoms. The predicted molar refractivity (Wildman–Crippen MR) is 114 cm³/mol. The second-order valence-electron chi connectivity index (χ2n) is 6.70. The van der Waals surface area contributed by atoms with E-state index < -0.39 is 0 Å². The van der Waals surface area contributed by atoms with E-state index in [4.69, 9.17) is 4.42 Å². The Hall–Kier alpha value is -3.26. The summed E-state index contributed by atoms with van der Waals surface area (Å²) in [5, 5.41) is 6.27. The van der Waals surface area contributed by atoms with Crippen LogP contribution in [0.25, 0.3) is 0 Å². The number of carbonyl (C=O) groups is 2. The van der Waals surface area contributed by atoms with Crippen molar-refractivity contribution in [3.05, 3.63) is 63.6 Å². The van der Waals surface area contributed by atoms with Gasteiger partial charge in [-0.1, -0.05) is 6.07 Å². The number of amides is 2. The van der Waals surface area contributed by atoms with Gasteiger partial charge in [-0.2, -0.15) is 5.10 Å². The fourth-order valence-electron chi connectivity index (χ4n) is 2.80. The zero-order valence-electron chi connectivity index (χ0n) is 16.9. The van der Waals surface area contributed by atoms with Crippen molar-refractivity contribution in [2.45, 2.75) is 34.6 Å². The first-order chi connectivity index (χ1) is 13.8. The van der Waals surface area contributed by atoms with Gasteiger partial charge in [-0.25, -0.2) is 10.4 Å². The maximum absolute atomic E-state index is 12.2. The summed E-state index contributed by atoms with van der Waals surface area (Å²) >= 11 is 1.33. The van der Waals surface area contributed by atoms with Crippen LogP contribution in [0.4, 0.5) is 10.8 Å². The van der Waals surface area contributed by atoms with E-state index in [0.717, 1.165) is 16.8 Å². The Morgan fingerprint density at radius 2 is 1.93 bits per heavy atom. The van der Waals surface area contributed by atoms with Crippen molar-refractivity contribution in [3.8, 4) is 0 Å². The molecule has 0 aliphatic heterocycles. The topological polar surface area (TPSA) is 87.8 Å². The lowest BCUT2D eigenvalue weighted by molar-refractivity contribution is -0.115. The first-order valence-electron chi connectivity index (χ1n) is 9.00. The van der Waals surface area contributed by atoms with Crippen LogP contribution >= 0.6 is 11.3 Å². The molecule has 0 spiro atoms. The van der Waals surface area contributed by atoms with Gasteiger partial charge in [0.1, 0.15) is 11.5 Å². The molecule has 0 radical (unpaired) electrons. The van der Waals surface area contributed by atoms with E-state index in [1.807, 2.05) is 32.0 Å². The molecule has 1 N–H and O–H groups in total. The maximum atomic E-state index is 12.2. The Labute approximate surface area is 173 Å². The Kier molecular flexibility index (Phi) is 5.93. The standard InChI is InChI=1S/C21H22N4O3S/c1-12-6-7-18(8-13(12)2)25(16(5)26)21-23-17(11-29-21)10-22-24-20(27)19-9-14(3)28-15(19)4/h6-11H,1-5H3,(H,24,27)/b22-10-. The predicted octanol–water partition coefficient (Wildman–Crippen LogP) is 4.42. The van der Waals surface area contributed by atoms with Gasteiger partial charge < -0.3 is 4.42 Å². The van der Waals surface area contributed by atoms with Crippen molar-refractivity contribution in [2.24, 2.45) is 5.10 Å². The van der Waals surface area contributed by atoms with Gasteiger partial charge in [-0.05, 0) is 57.0 Å². The van der Waals surface area contributed by atoms with Crippen molar-refractivity contribution in [3.63, 3.8) is 0 Å². The summed E-state index contributed by atoms with van der Waals surface area (Å²) in [6, 6.07) is 7.50. The van der Waals surface area contributed by atoms with E-state index in [0.29, 0.717) is 27.9 Å². The van der Waals surface area contributed by atoms with Crippen LogP contribution in [0.3, 0.4) is 0 Å². The molecule has 7 nitrogen and oxygen atoms in total. The minimum atomic E-state index is -0.355. The fraction of sp³-hybridized carbons (Fsp3) is 0.238. The maximum Gasteiger partial charge on any atom is 0.274 e. The number of rotatable bonds is 5. The molecule has 3 rings (SSSR count). The zero-order chi connectivity index (χ0) is 21.1. The highest BCUT2D eigenvalue weighted by molar-refractivity contribution is 7.14. The molecular formula is C21H22N4O3S. The Balaban J connectivity index is 1.75. The Morgan fingerprint density at radius 3 is 2.55 bits per heavy atom. The van der Waals surface area contributed by atoms with E-state index >= 15 is 0 Å². The van der Waals surface area contributed by atoms with Crippen molar-refractivity contribution in [1.82, 2.24) is 10.4 Å². The summed E-state index contributed by atoms with van der Waals surface area (Å²) < 4.78 is 5.35. The molecule has 0 unspecified atom stereocenters. The van der Waals surface area contributed by atoms with Gasteiger partial charge in [0, 0.05) is 12.3 Å². The van der Waals surface area contributed by atoms with Crippen LogP contribution in [0.15, 0.2) is 39.2 Å². The van der Waals surface area contributed by atoms with Crippen molar-refractivity contribution >= 4 is 40.2 Å². The molecule has 8 heteroatoms. The van der Waals surface area contributed by atoms with Gasteiger partial charge in [-0.3, -0.25) is 14.5 Å². The Bertz CT molecular complexity index is 1100. The normalized spacial score (nSPS) is 11.1. The molecule has 0 saturated heterocycles. The number of nitrogens with zero attached hydrogens (tertiary/aromatic N) is 3. The van der Waals surface area contributed by atoms with Gasteiger partial charge in [0.05, 0.1) is 23.2 Å². The average molecular weight is 410 g/mol. The van der Waals surface area contributed by atoms with Gasteiger partial charge in [-0.15, -0.1) is 11.3 Å². The first-order valence-corrected chi connectivity index (χ1v) is 9.88. The first kappa shape index (κ1) is 20.5. The molecule has 2 aromatic heterocycles. The lowest BCUT2D eigenvalue weighted by Gasteiger charge is -2.19. The number of furan rings is 1. The molecule has 150 valence electrons. The molecular weight excluding hydrogens is 388 g/mol. The smallest absolute Gasteiger partial charge is 0.274 e. The summed E-state index contributed by atoms with van der Waals surface area (Å²) in [6.45, 7) is 9.03. The lowest BCUT2D eigenvalue weighted by Crippen LogP contribution is -2.22. The van der Waals surface area contributed by atoms with Crippen LogP contribution in [0.1, 0.15) is 45.6 Å². The summed E-state index contributed by atoms with van der Waals surface area (Å²) in [6.07, 6.45) is 1.44. The zero-order valence-corrected chi connectivity index (χ0v) is 17.8. The van der Waals surface area contributed by atoms with E-state index in [1.54, 1.807) is 30.2 Å². The summed E-state index contributed by atoms with van der Waals surface area (Å²) in [4.78, 5) is 30.4. The SMILES string of the molecule is CC(=O)N(c1ccc(C)c(C)c1)c1nc(/C=N\NC(=O)c2cc(C)oc2C)cs1. The molecule has 0 saturated carbocycles. The van der Waals surface area contributed by atoms with Crippen LogP contribution in [-0.2, 0) is 4.79 Å². The van der Waals surface area contributed by atoms with E-state index in [2.05, 4.69) is 15.5 Å². The Morgan fingerprint density at radius 1 is 1.17 bits per heavy atom. The molecule has 0 fully saturated rings. The number of anilines is 2. The van der Waals surface area contributed by atoms with Crippen LogP contribution < -0.4 is 10.3 Å². The highest BCUT2D eigenvalue weighted by atomic mass is 32.1. The van der Waals surface area contributed by atoms with E-state index in [-0.39, 0.29) is 11.8 Å². The quantitative estimate of drug-likeness (QED) is 0.498. The molecule has 3 aromatic rings. The van der Waals surface area contributed by atoms with Crippen molar-refractivity contribution < 1.29 is 14.0 Å². The van der Waals surface area contributed by atoms with Gasteiger partial charge in [0.25, 0.3) is 5.91 Å². The molecule has 2 heterocycles. The highest BCUT2D eigenvalue weighted by Crippen LogP contribution is 2.29. The molecule has 0 atom stereocenters. The summed E-state index contributed by atoms with van der Waals surface area (Å²) in [5.74, 6) is 0.713. The number of benzene rings is 1. The summed E-state index contributed by atoms with van der Waals surface area (Å²) in [7, 11) is 0. The van der Waals surface area contributed by atoms with Crippen molar-refractivity contribution in [2.75, 3.05) is 4.90 Å². The second kappa shape index (κ2) is 8.40. The number of thiazole rings is 1. The molecule has 1 aromatic carbocycles. The number of hydrazone groups is 1. The van der Waals surface area contributed by atoms with Gasteiger partial charge >= 0.3 is 0 Å². The van der Waals surface area contributed by atoms with Crippen LogP contribution in [0.2, 0.25) is 0 Å². The molecule has 2 amide bonds. The lowest BCUT2D eigenvalue weighted by atomic mass is 10.1. The van der Waals surface area contributed by atoms with Gasteiger partial charge in [0.2, 0.25) is 5.91 Å². The third-order valence-electron chi connectivity index (χ3n) is 4.41. The van der Waals surface area contributed by atoms with Crippen LogP contribution in [-0.4, -0.2) is 23.0 Å². The number of carbonyl (C=O) groups excluding carboxylic acids is 2. The minimum absolute atomic E-state index is 0.134. The molecule has 0 aliphatic carbocycles. The monoisotopic (exact) mass is 410 g/mol. The fourth-order valence-corrected chi connectivity index (χ4v) is 3.64.